The first-order valence-corrected chi connectivity index (χ1v) is 3.90. The van der Waals surface area contributed by atoms with Gasteiger partial charge in [0, 0.05) is 13.3 Å². The Labute approximate surface area is 44.7 Å². The van der Waals surface area contributed by atoms with Crippen LogP contribution in [0.1, 0.15) is 13.3 Å². The largest absolute Gasteiger partial charge is 0.334 e. The minimum absolute atomic E-state index is 0.723. The highest BCUT2D eigenvalue weighted by molar-refractivity contribution is 7.39. The highest BCUT2D eigenvalue weighted by atomic mass is 31.1. The van der Waals surface area contributed by atoms with E-state index in [9.17, 15) is 4.57 Å². The summed E-state index contributed by atoms with van der Waals surface area (Å²) in [6, 6.07) is 0. The quantitative estimate of drug-likeness (QED) is 0.530. The van der Waals surface area contributed by atoms with Gasteiger partial charge in [-0.1, -0.05) is 6.92 Å². The molecule has 0 aromatic rings. The Balaban J connectivity index is 3.00. The third kappa shape index (κ3) is 4.03. The summed E-state index contributed by atoms with van der Waals surface area (Å²) < 4.78 is 14.9. The van der Waals surface area contributed by atoms with Crippen molar-refractivity contribution in [2.24, 2.45) is 0 Å². The molecule has 0 bridgehead atoms. The molecule has 0 aliphatic heterocycles. The van der Waals surface area contributed by atoms with Crippen LogP contribution in [0.5, 0.6) is 0 Å². The second-order valence-electron chi connectivity index (χ2n) is 1.33. The standard InChI is InChI=1S/C4H11O2P/c1-3-4-7(5)6-2/h7H,3-4H2,1-2H3. The van der Waals surface area contributed by atoms with Crippen molar-refractivity contribution in [3.63, 3.8) is 0 Å². The lowest BCUT2D eigenvalue weighted by atomic mass is 10.6. The SMILES string of the molecule is CCC[PH](=O)OC. The molecular weight excluding hydrogens is 111 g/mol. The Kier molecular flexibility index (Phi) is 4.47. The van der Waals surface area contributed by atoms with E-state index in [1.807, 2.05) is 6.92 Å². The second-order valence-corrected chi connectivity index (χ2v) is 2.98. The van der Waals surface area contributed by atoms with E-state index in [4.69, 9.17) is 0 Å². The van der Waals surface area contributed by atoms with E-state index in [2.05, 4.69) is 4.52 Å². The van der Waals surface area contributed by atoms with Crippen LogP contribution in [-0.4, -0.2) is 13.3 Å². The molecule has 7 heavy (non-hydrogen) atoms. The predicted molar refractivity (Wildman–Crippen MR) is 31.2 cm³/mol. The molecule has 0 aliphatic rings. The lowest BCUT2D eigenvalue weighted by Crippen LogP contribution is -1.73. The first-order valence-electron chi connectivity index (χ1n) is 2.38. The molecule has 0 fully saturated rings. The third-order valence-corrected chi connectivity index (χ3v) is 2.05. The smallest absolute Gasteiger partial charge is 0.191 e. The Morgan fingerprint density at radius 1 is 1.71 bits per heavy atom. The Morgan fingerprint density at radius 3 is 2.43 bits per heavy atom. The average Bonchev–Trinajstić information content (AvgIpc) is 1.68. The highest BCUT2D eigenvalue weighted by Crippen LogP contribution is 2.19. The zero-order valence-electron chi connectivity index (χ0n) is 4.73. The summed E-state index contributed by atoms with van der Waals surface area (Å²) in [6.07, 6.45) is 1.67. The minimum atomic E-state index is -1.63. The molecule has 1 unspecified atom stereocenters. The normalized spacial score (nSPS) is 14.0. The summed E-state index contributed by atoms with van der Waals surface area (Å²) in [5, 5.41) is 0. The Bertz CT molecular complexity index is 62.7. The van der Waals surface area contributed by atoms with Crippen LogP contribution >= 0.6 is 8.03 Å². The van der Waals surface area contributed by atoms with Crippen molar-refractivity contribution >= 4 is 8.03 Å². The lowest BCUT2D eigenvalue weighted by Gasteiger charge is -1.91. The molecule has 0 radical (unpaired) electrons. The van der Waals surface area contributed by atoms with E-state index in [1.54, 1.807) is 0 Å². The Hall–Kier alpha value is 0.190. The summed E-state index contributed by atoms with van der Waals surface area (Å²) in [4.78, 5) is 0. The Morgan fingerprint density at radius 2 is 2.29 bits per heavy atom. The van der Waals surface area contributed by atoms with Gasteiger partial charge >= 0.3 is 0 Å². The van der Waals surface area contributed by atoms with Crippen LogP contribution in [0.3, 0.4) is 0 Å². The lowest BCUT2D eigenvalue weighted by molar-refractivity contribution is 0.414. The van der Waals surface area contributed by atoms with Crippen molar-refractivity contribution in [1.29, 1.82) is 0 Å². The molecule has 0 heterocycles. The van der Waals surface area contributed by atoms with Crippen molar-refractivity contribution in [3.05, 3.63) is 0 Å². The molecule has 0 aromatic carbocycles. The molecule has 0 saturated carbocycles. The van der Waals surface area contributed by atoms with Gasteiger partial charge < -0.3 is 4.52 Å². The molecule has 0 spiro atoms. The topological polar surface area (TPSA) is 26.3 Å². The zero-order valence-corrected chi connectivity index (χ0v) is 5.73. The third-order valence-electron chi connectivity index (χ3n) is 0.682. The van der Waals surface area contributed by atoms with Gasteiger partial charge in [0.25, 0.3) is 0 Å². The monoisotopic (exact) mass is 122 g/mol. The van der Waals surface area contributed by atoms with Gasteiger partial charge in [-0.25, -0.2) is 0 Å². The predicted octanol–water partition coefficient (Wildman–Crippen LogP) is 1.52. The number of hydrogen-bond acceptors (Lipinski definition) is 2. The summed E-state index contributed by atoms with van der Waals surface area (Å²) >= 11 is 0. The molecular formula is C4H11O2P. The molecule has 2 nitrogen and oxygen atoms in total. The first-order chi connectivity index (χ1) is 3.31. The van der Waals surface area contributed by atoms with Crippen molar-refractivity contribution in [3.8, 4) is 0 Å². The molecule has 0 aliphatic carbocycles. The van der Waals surface area contributed by atoms with Gasteiger partial charge in [0.05, 0.1) is 0 Å². The van der Waals surface area contributed by atoms with Crippen LogP contribution < -0.4 is 0 Å². The van der Waals surface area contributed by atoms with Gasteiger partial charge in [0.15, 0.2) is 8.03 Å². The van der Waals surface area contributed by atoms with Crippen LogP contribution in [0.15, 0.2) is 0 Å². The maximum atomic E-state index is 10.4. The van der Waals surface area contributed by atoms with Gasteiger partial charge in [-0.3, -0.25) is 4.57 Å². The van der Waals surface area contributed by atoms with E-state index in [0.717, 1.165) is 12.6 Å². The van der Waals surface area contributed by atoms with Gasteiger partial charge in [0.2, 0.25) is 0 Å². The van der Waals surface area contributed by atoms with E-state index in [-0.39, 0.29) is 0 Å². The van der Waals surface area contributed by atoms with E-state index in [1.165, 1.54) is 7.11 Å². The van der Waals surface area contributed by atoms with Crippen LogP contribution in [0.25, 0.3) is 0 Å². The molecule has 0 saturated heterocycles. The molecule has 44 valence electrons. The van der Waals surface area contributed by atoms with Crippen molar-refractivity contribution < 1.29 is 9.09 Å². The molecule has 0 amide bonds. The number of rotatable bonds is 3. The second kappa shape index (κ2) is 4.35. The van der Waals surface area contributed by atoms with Crippen LogP contribution in [0.4, 0.5) is 0 Å². The molecule has 1 atom stereocenters. The van der Waals surface area contributed by atoms with Crippen molar-refractivity contribution in [2.45, 2.75) is 13.3 Å². The average molecular weight is 122 g/mol. The van der Waals surface area contributed by atoms with Gasteiger partial charge in [-0.15, -0.1) is 0 Å². The fourth-order valence-corrected chi connectivity index (χ4v) is 0.919. The summed E-state index contributed by atoms with van der Waals surface area (Å²) in [5.74, 6) is 0. The summed E-state index contributed by atoms with van der Waals surface area (Å²) in [6.45, 7) is 1.99. The van der Waals surface area contributed by atoms with Crippen molar-refractivity contribution in [2.75, 3.05) is 13.3 Å². The van der Waals surface area contributed by atoms with E-state index >= 15 is 0 Å². The molecule has 0 aromatic heterocycles. The maximum Gasteiger partial charge on any atom is 0.191 e. The van der Waals surface area contributed by atoms with Gasteiger partial charge in [0.1, 0.15) is 0 Å². The summed E-state index contributed by atoms with van der Waals surface area (Å²) in [7, 11) is -0.147. The van der Waals surface area contributed by atoms with Gasteiger partial charge in [-0.05, 0) is 6.42 Å². The first kappa shape index (κ1) is 7.19. The molecule has 0 rings (SSSR count). The molecule has 0 N–H and O–H groups in total. The summed E-state index contributed by atoms with van der Waals surface area (Å²) in [5.41, 5.74) is 0. The van der Waals surface area contributed by atoms with Crippen LogP contribution in [-0.2, 0) is 9.09 Å². The zero-order chi connectivity index (χ0) is 5.70. The minimum Gasteiger partial charge on any atom is -0.334 e. The van der Waals surface area contributed by atoms with E-state index < -0.39 is 8.03 Å². The fraction of sp³-hybridized carbons (Fsp3) is 1.00. The van der Waals surface area contributed by atoms with Gasteiger partial charge in [-0.2, -0.15) is 0 Å². The van der Waals surface area contributed by atoms with Crippen molar-refractivity contribution in [1.82, 2.24) is 0 Å². The van der Waals surface area contributed by atoms with Crippen LogP contribution in [0.2, 0.25) is 0 Å². The maximum absolute atomic E-state index is 10.4. The number of hydrogen-bond donors (Lipinski definition) is 0. The fourth-order valence-electron chi connectivity index (χ4n) is 0.306. The van der Waals surface area contributed by atoms with Crippen LogP contribution in [0, 0.1) is 0 Å². The molecule has 3 heteroatoms. The highest BCUT2D eigenvalue weighted by Gasteiger charge is 1.89. The van der Waals surface area contributed by atoms with E-state index in [0.29, 0.717) is 0 Å².